The number of carbonyl (C=O) groups excluding carboxylic acids is 1. The van der Waals surface area contributed by atoms with E-state index in [1.165, 1.54) is 0 Å². The minimum absolute atomic E-state index is 0.205. The quantitative estimate of drug-likeness (QED) is 0.778. The first kappa shape index (κ1) is 16.7. The minimum Gasteiger partial charge on any atom is -0.496 e. The molecule has 0 radical (unpaired) electrons. The molecule has 0 saturated heterocycles. The van der Waals surface area contributed by atoms with Crippen molar-refractivity contribution in [3.8, 4) is 17.0 Å². The molecule has 0 bridgehead atoms. The SMILES string of the molecule is COc1ccc(-c2cc(C(=O)NCc3ccncc3)nn2C)cc1C. The molecule has 3 rings (SSSR count). The van der Waals surface area contributed by atoms with Crippen LogP contribution in [0, 0.1) is 6.92 Å². The lowest BCUT2D eigenvalue weighted by Gasteiger charge is -2.07. The van der Waals surface area contributed by atoms with Crippen LogP contribution >= 0.6 is 0 Å². The third-order valence-corrected chi connectivity index (χ3v) is 4.01. The van der Waals surface area contributed by atoms with Crippen LogP contribution in [0.3, 0.4) is 0 Å². The predicted octanol–water partition coefficient (Wildman–Crippen LogP) is 2.73. The Hall–Kier alpha value is -3.15. The maximum atomic E-state index is 12.4. The number of ether oxygens (including phenoxy) is 1. The molecule has 6 nitrogen and oxygen atoms in total. The van der Waals surface area contributed by atoms with Gasteiger partial charge in [-0.3, -0.25) is 14.5 Å². The van der Waals surface area contributed by atoms with Crippen LogP contribution in [0.15, 0.2) is 48.8 Å². The highest BCUT2D eigenvalue weighted by Crippen LogP contribution is 2.26. The lowest BCUT2D eigenvalue weighted by molar-refractivity contribution is 0.0945. The summed E-state index contributed by atoms with van der Waals surface area (Å²) in [4.78, 5) is 16.3. The number of carbonyl (C=O) groups is 1. The molecule has 1 amide bonds. The van der Waals surface area contributed by atoms with Crippen LogP contribution in [-0.4, -0.2) is 27.8 Å². The van der Waals surface area contributed by atoms with E-state index in [0.29, 0.717) is 12.2 Å². The van der Waals surface area contributed by atoms with Crippen molar-refractivity contribution in [2.24, 2.45) is 7.05 Å². The van der Waals surface area contributed by atoms with E-state index in [9.17, 15) is 4.79 Å². The third-order valence-electron chi connectivity index (χ3n) is 4.01. The summed E-state index contributed by atoms with van der Waals surface area (Å²) in [5, 5.41) is 7.21. The molecule has 0 fully saturated rings. The molecule has 0 aliphatic carbocycles. The molecule has 0 unspecified atom stereocenters. The Morgan fingerprint density at radius 3 is 2.64 bits per heavy atom. The van der Waals surface area contributed by atoms with E-state index in [-0.39, 0.29) is 5.91 Å². The Kier molecular flexibility index (Phi) is 4.79. The zero-order valence-corrected chi connectivity index (χ0v) is 14.5. The third kappa shape index (κ3) is 3.68. The second-order valence-corrected chi connectivity index (χ2v) is 5.76. The topological polar surface area (TPSA) is 69.0 Å². The molecule has 0 spiro atoms. The van der Waals surface area contributed by atoms with E-state index in [1.807, 2.05) is 44.3 Å². The van der Waals surface area contributed by atoms with Crippen molar-refractivity contribution < 1.29 is 9.53 Å². The number of amides is 1. The van der Waals surface area contributed by atoms with Crippen molar-refractivity contribution in [2.45, 2.75) is 13.5 Å². The standard InChI is InChI=1S/C19H20N4O2/c1-13-10-15(4-5-18(13)25-3)17-11-16(22-23(17)2)19(24)21-12-14-6-8-20-9-7-14/h4-11H,12H2,1-3H3,(H,21,24). The maximum Gasteiger partial charge on any atom is 0.272 e. The van der Waals surface area contributed by atoms with Gasteiger partial charge in [-0.15, -0.1) is 0 Å². The number of nitrogens with zero attached hydrogens (tertiary/aromatic N) is 3. The fraction of sp³-hybridized carbons (Fsp3) is 0.211. The van der Waals surface area contributed by atoms with Gasteiger partial charge in [-0.05, 0) is 54.4 Å². The molecule has 2 heterocycles. The smallest absolute Gasteiger partial charge is 0.272 e. The lowest BCUT2D eigenvalue weighted by atomic mass is 10.1. The molecule has 25 heavy (non-hydrogen) atoms. The molecule has 3 aromatic rings. The average Bonchev–Trinajstić information content (AvgIpc) is 3.02. The highest BCUT2D eigenvalue weighted by Gasteiger charge is 2.14. The first-order chi connectivity index (χ1) is 12.1. The summed E-state index contributed by atoms with van der Waals surface area (Å²) < 4.78 is 7.00. The van der Waals surface area contributed by atoms with Crippen LogP contribution in [-0.2, 0) is 13.6 Å². The molecule has 128 valence electrons. The zero-order valence-electron chi connectivity index (χ0n) is 14.5. The minimum atomic E-state index is -0.205. The van der Waals surface area contributed by atoms with E-state index < -0.39 is 0 Å². The van der Waals surface area contributed by atoms with Crippen LogP contribution in [0.2, 0.25) is 0 Å². The van der Waals surface area contributed by atoms with Gasteiger partial charge in [0.15, 0.2) is 5.69 Å². The number of aromatic nitrogens is 3. The summed E-state index contributed by atoms with van der Waals surface area (Å²) >= 11 is 0. The molecule has 6 heteroatoms. The average molecular weight is 336 g/mol. The second-order valence-electron chi connectivity index (χ2n) is 5.76. The van der Waals surface area contributed by atoms with Crippen molar-refractivity contribution in [3.05, 3.63) is 65.6 Å². The van der Waals surface area contributed by atoms with Gasteiger partial charge in [-0.1, -0.05) is 0 Å². The summed E-state index contributed by atoms with van der Waals surface area (Å²) in [6.07, 6.45) is 3.40. The maximum absolute atomic E-state index is 12.4. The predicted molar refractivity (Wildman–Crippen MR) is 95.3 cm³/mol. The van der Waals surface area contributed by atoms with Gasteiger partial charge in [0, 0.05) is 31.5 Å². The Morgan fingerprint density at radius 2 is 1.96 bits per heavy atom. The second kappa shape index (κ2) is 7.17. The number of pyridine rings is 1. The van der Waals surface area contributed by atoms with Crippen molar-refractivity contribution in [2.75, 3.05) is 7.11 Å². The Morgan fingerprint density at radius 1 is 1.20 bits per heavy atom. The van der Waals surface area contributed by atoms with E-state index in [2.05, 4.69) is 15.4 Å². The van der Waals surface area contributed by atoms with Crippen LogP contribution < -0.4 is 10.1 Å². The number of methoxy groups -OCH3 is 1. The van der Waals surface area contributed by atoms with E-state index in [1.54, 1.807) is 30.3 Å². The largest absolute Gasteiger partial charge is 0.496 e. The Labute approximate surface area is 146 Å². The number of nitrogens with one attached hydrogen (secondary N) is 1. The summed E-state index contributed by atoms with van der Waals surface area (Å²) in [6, 6.07) is 11.4. The summed E-state index contributed by atoms with van der Waals surface area (Å²) in [6.45, 7) is 2.43. The van der Waals surface area contributed by atoms with Gasteiger partial charge >= 0.3 is 0 Å². The van der Waals surface area contributed by atoms with Gasteiger partial charge in [-0.25, -0.2) is 0 Å². The number of hydrogen-bond donors (Lipinski definition) is 1. The molecule has 1 aromatic carbocycles. The molecule has 0 aliphatic rings. The number of aryl methyl sites for hydroxylation is 2. The van der Waals surface area contributed by atoms with Gasteiger partial charge in [0.2, 0.25) is 0 Å². The van der Waals surface area contributed by atoms with Crippen molar-refractivity contribution in [1.29, 1.82) is 0 Å². The van der Waals surface area contributed by atoms with Crippen LogP contribution in [0.4, 0.5) is 0 Å². The van der Waals surface area contributed by atoms with E-state index >= 15 is 0 Å². The molecular formula is C19H20N4O2. The number of rotatable bonds is 5. The zero-order chi connectivity index (χ0) is 17.8. The molecule has 1 N–H and O–H groups in total. The lowest BCUT2D eigenvalue weighted by Crippen LogP contribution is -2.23. The van der Waals surface area contributed by atoms with E-state index in [0.717, 1.165) is 28.1 Å². The van der Waals surface area contributed by atoms with Crippen LogP contribution in [0.5, 0.6) is 5.75 Å². The highest BCUT2D eigenvalue weighted by molar-refractivity contribution is 5.93. The Bertz CT molecular complexity index is 888. The van der Waals surface area contributed by atoms with Gasteiger partial charge < -0.3 is 10.1 Å². The van der Waals surface area contributed by atoms with Crippen LogP contribution in [0.25, 0.3) is 11.3 Å². The van der Waals surface area contributed by atoms with Gasteiger partial charge in [0.25, 0.3) is 5.91 Å². The van der Waals surface area contributed by atoms with Crippen molar-refractivity contribution >= 4 is 5.91 Å². The normalized spacial score (nSPS) is 10.5. The van der Waals surface area contributed by atoms with Crippen LogP contribution in [0.1, 0.15) is 21.6 Å². The molecule has 0 saturated carbocycles. The summed E-state index contributed by atoms with van der Waals surface area (Å²) in [5.74, 6) is 0.630. The number of benzene rings is 1. The molecule has 0 aliphatic heterocycles. The van der Waals surface area contributed by atoms with Gasteiger partial charge in [0.1, 0.15) is 5.75 Å². The molecule has 0 atom stereocenters. The first-order valence-electron chi connectivity index (χ1n) is 7.94. The summed E-state index contributed by atoms with van der Waals surface area (Å²) in [7, 11) is 3.48. The van der Waals surface area contributed by atoms with Gasteiger partial charge in [0.05, 0.1) is 12.8 Å². The first-order valence-corrected chi connectivity index (χ1v) is 7.94. The van der Waals surface area contributed by atoms with E-state index in [4.69, 9.17) is 4.74 Å². The monoisotopic (exact) mass is 336 g/mol. The number of hydrogen-bond acceptors (Lipinski definition) is 4. The van der Waals surface area contributed by atoms with Gasteiger partial charge in [-0.2, -0.15) is 5.10 Å². The highest BCUT2D eigenvalue weighted by atomic mass is 16.5. The van der Waals surface area contributed by atoms with Crippen molar-refractivity contribution in [3.63, 3.8) is 0 Å². The molecular weight excluding hydrogens is 316 g/mol. The Balaban J connectivity index is 1.77. The van der Waals surface area contributed by atoms with Crippen molar-refractivity contribution in [1.82, 2.24) is 20.1 Å². The molecule has 2 aromatic heterocycles. The fourth-order valence-electron chi connectivity index (χ4n) is 2.66. The summed E-state index contributed by atoms with van der Waals surface area (Å²) in [5.41, 5.74) is 4.27. The fourth-order valence-corrected chi connectivity index (χ4v) is 2.66.